The van der Waals surface area contributed by atoms with Gasteiger partial charge in [-0.3, -0.25) is 4.98 Å². The molecular formula is C15H13N3O. The van der Waals surface area contributed by atoms with Gasteiger partial charge in [-0.05, 0) is 42.0 Å². The van der Waals surface area contributed by atoms with Crippen molar-refractivity contribution in [2.75, 3.05) is 5.73 Å². The molecular weight excluding hydrogens is 238 g/mol. The van der Waals surface area contributed by atoms with Crippen LogP contribution in [-0.4, -0.2) is 9.97 Å². The van der Waals surface area contributed by atoms with E-state index in [9.17, 15) is 0 Å². The topological polar surface area (TPSA) is 61.0 Å². The van der Waals surface area contributed by atoms with Crippen molar-refractivity contribution < 1.29 is 4.74 Å². The number of nitrogen functional groups attached to an aromatic ring is 1. The van der Waals surface area contributed by atoms with E-state index in [4.69, 9.17) is 10.5 Å². The first-order valence-electron chi connectivity index (χ1n) is 6.00. The van der Waals surface area contributed by atoms with Crippen LogP contribution in [0.1, 0.15) is 5.56 Å². The summed E-state index contributed by atoms with van der Waals surface area (Å²) in [7, 11) is 0. The number of anilines is 1. The molecule has 0 radical (unpaired) electrons. The Hall–Kier alpha value is -2.62. The third kappa shape index (κ3) is 2.47. The van der Waals surface area contributed by atoms with Crippen molar-refractivity contribution in [1.82, 2.24) is 9.97 Å². The highest BCUT2D eigenvalue weighted by atomic mass is 16.5. The van der Waals surface area contributed by atoms with E-state index >= 15 is 0 Å². The third-order valence-corrected chi connectivity index (χ3v) is 2.85. The quantitative estimate of drug-likeness (QED) is 0.777. The van der Waals surface area contributed by atoms with E-state index in [1.807, 2.05) is 42.5 Å². The molecule has 0 bridgehead atoms. The molecule has 4 heteroatoms. The van der Waals surface area contributed by atoms with Crippen molar-refractivity contribution in [2.45, 2.75) is 6.61 Å². The highest BCUT2D eigenvalue weighted by Crippen LogP contribution is 2.24. The molecule has 0 saturated heterocycles. The molecule has 2 N–H and O–H groups in total. The Morgan fingerprint density at radius 3 is 2.84 bits per heavy atom. The monoisotopic (exact) mass is 251 g/mol. The zero-order valence-electron chi connectivity index (χ0n) is 10.3. The lowest BCUT2D eigenvalue weighted by molar-refractivity contribution is 0.310. The fourth-order valence-corrected chi connectivity index (χ4v) is 1.95. The van der Waals surface area contributed by atoms with Gasteiger partial charge in [0.1, 0.15) is 18.2 Å². The predicted molar refractivity (Wildman–Crippen MR) is 74.7 cm³/mol. The van der Waals surface area contributed by atoms with Crippen LogP contribution in [0.4, 0.5) is 5.82 Å². The molecule has 4 nitrogen and oxygen atoms in total. The average Bonchev–Trinajstić information content (AvgIpc) is 2.45. The fraction of sp³-hybridized carbons (Fsp3) is 0.0667. The zero-order chi connectivity index (χ0) is 13.1. The van der Waals surface area contributed by atoms with Gasteiger partial charge in [0.15, 0.2) is 0 Å². The third-order valence-electron chi connectivity index (χ3n) is 2.85. The molecule has 0 aliphatic carbocycles. The Bertz CT molecular complexity index is 707. The Labute approximate surface area is 110 Å². The van der Waals surface area contributed by atoms with Crippen molar-refractivity contribution in [3.63, 3.8) is 0 Å². The van der Waals surface area contributed by atoms with Crippen molar-refractivity contribution in [2.24, 2.45) is 0 Å². The Morgan fingerprint density at radius 2 is 1.95 bits per heavy atom. The summed E-state index contributed by atoms with van der Waals surface area (Å²) in [6.45, 7) is 0.459. The molecule has 0 aliphatic rings. The first kappa shape index (κ1) is 11.5. The highest BCUT2D eigenvalue weighted by molar-refractivity contribution is 5.84. The smallest absolute Gasteiger partial charge is 0.129 e. The maximum Gasteiger partial charge on any atom is 0.129 e. The lowest BCUT2D eigenvalue weighted by Gasteiger charge is -2.09. The maximum absolute atomic E-state index is 5.84. The van der Waals surface area contributed by atoms with E-state index in [0.717, 1.165) is 22.2 Å². The second kappa shape index (κ2) is 4.94. The Morgan fingerprint density at radius 1 is 1.00 bits per heavy atom. The number of hydrogen-bond acceptors (Lipinski definition) is 4. The summed E-state index contributed by atoms with van der Waals surface area (Å²) >= 11 is 0. The summed E-state index contributed by atoms with van der Waals surface area (Å²) in [6.07, 6.45) is 3.45. The molecule has 3 aromatic rings. The molecule has 0 aliphatic heterocycles. The van der Waals surface area contributed by atoms with Gasteiger partial charge in [-0.25, -0.2) is 4.98 Å². The van der Waals surface area contributed by atoms with Gasteiger partial charge in [0.2, 0.25) is 0 Å². The SMILES string of the molecule is Nc1cc(COc2cccc3ncccc23)ccn1. The van der Waals surface area contributed by atoms with Crippen molar-refractivity contribution in [3.8, 4) is 5.75 Å². The molecule has 0 unspecified atom stereocenters. The van der Waals surface area contributed by atoms with Gasteiger partial charge >= 0.3 is 0 Å². The second-order valence-electron chi connectivity index (χ2n) is 4.20. The van der Waals surface area contributed by atoms with Crippen LogP contribution in [0, 0.1) is 0 Å². The molecule has 1 aromatic carbocycles. The van der Waals surface area contributed by atoms with Gasteiger partial charge in [0.25, 0.3) is 0 Å². The first-order chi connectivity index (χ1) is 9.33. The summed E-state index contributed by atoms with van der Waals surface area (Å²) in [5, 5.41) is 1.01. The largest absolute Gasteiger partial charge is 0.488 e. The number of pyridine rings is 2. The number of fused-ring (bicyclic) bond motifs is 1. The standard InChI is InChI=1S/C15H13N3O/c16-15-9-11(6-8-18-15)10-19-14-5-1-4-13-12(14)3-2-7-17-13/h1-9H,10H2,(H2,16,18). The second-order valence-corrected chi connectivity index (χ2v) is 4.20. The molecule has 0 atom stereocenters. The van der Waals surface area contributed by atoms with E-state index < -0.39 is 0 Å². The minimum absolute atomic E-state index is 0.459. The van der Waals surface area contributed by atoms with E-state index in [1.54, 1.807) is 12.4 Å². The minimum Gasteiger partial charge on any atom is -0.488 e. The fourth-order valence-electron chi connectivity index (χ4n) is 1.95. The molecule has 0 fully saturated rings. The molecule has 2 aromatic heterocycles. The molecule has 19 heavy (non-hydrogen) atoms. The number of nitrogens with two attached hydrogens (primary N) is 1. The minimum atomic E-state index is 0.459. The number of rotatable bonds is 3. The van der Waals surface area contributed by atoms with Gasteiger partial charge in [0, 0.05) is 17.8 Å². The van der Waals surface area contributed by atoms with Crippen molar-refractivity contribution in [1.29, 1.82) is 0 Å². The van der Waals surface area contributed by atoms with Crippen LogP contribution >= 0.6 is 0 Å². The van der Waals surface area contributed by atoms with E-state index in [0.29, 0.717) is 12.4 Å². The summed E-state index contributed by atoms with van der Waals surface area (Å²) in [6, 6.07) is 13.4. The number of benzene rings is 1. The lowest BCUT2D eigenvalue weighted by atomic mass is 10.2. The molecule has 0 amide bonds. The first-order valence-corrected chi connectivity index (χ1v) is 6.00. The van der Waals surface area contributed by atoms with E-state index in [1.165, 1.54) is 0 Å². The zero-order valence-corrected chi connectivity index (χ0v) is 10.3. The molecule has 0 spiro atoms. The molecule has 94 valence electrons. The molecule has 2 heterocycles. The molecule has 3 rings (SSSR count). The Balaban J connectivity index is 1.86. The van der Waals surface area contributed by atoms with Crippen molar-refractivity contribution in [3.05, 3.63) is 60.4 Å². The van der Waals surface area contributed by atoms with Crippen molar-refractivity contribution >= 4 is 16.7 Å². The van der Waals surface area contributed by atoms with Gasteiger partial charge in [-0.2, -0.15) is 0 Å². The van der Waals surface area contributed by atoms with Crippen LogP contribution in [0.5, 0.6) is 5.75 Å². The predicted octanol–water partition coefficient (Wildman–Crippen LogP) is 2.79. The number of hydrogen-bond donors (Lipinski definition) is 1. The highest BCUT2D eigenvalue weighted by Gasteiger charge is 2.02. The van der Waals surface area contributed by atoms with Crippen LogP contribution < -0.4 is 10.5 Å². The van der Waals surface area contributed by atoms with E-state index in [-0.39, 0.29) is 0 Å². The summed E-state index contributed by atoms with van der Waals surface area (Å²) in [5.41, 5.74) is 7.56. The lowest BCUT2D eigenvalue weighted by Crippen LogP contribution is -1.98. The van der Waals surface area contributed by atoms with Gasteiger partial charge in [0.05, 0.1) is 5.52 Å². The molecule has 0 saturated carbocycles. The van der Waals surface area contributed by atoms with Crippen LogP contribution in [0.2, 0.25) is 0 Å². The maximum atomic E-state index is 5.84. The van der Waals surface area contributed by atoms with E-state index in [2.05, 4.69) is 9.97 Å². The van der Waals surface area contributed by atoms with Gasteiger partial charge < -0.3 is 10.5 Å². The normalized spacial score (nSPS) is 10.5. The summed E-state index contributed by atoms with van der Waals surface area (Å²) < 4.78 is 5.84. The summed E-state index contributed by atoms with van der Waals surface area (Å²) in [4.78, 5) is 8.26. The van der Waals surface area contributed by atoms with Crippen LogP contribution in [0.15, 0.2) is 54.9 Å². The van der Waals surface area contributed by atoms with Gasteiger partial charge in [-0.1, -0.05) is 6.07 Å². The van der Waals surface area contributed by atoms with Crippen LogP contribution in [0.25, 0.3) is 10.9 Å². The number of ether oxygens (including phenoxy) is 1. The summed E-state index contributed by atoms with van der Waals surface area (Å²) in [5.74, 6) is 1.32. The Kier molecular flexibility index (Phi) is 2.98. The average molecular weight is 251 g/mol. The number of aromatic nitrogens is 2. The number of nitrogens with zero attached hydrogens (tertiary/aromatic N) is 2. The van der Waals surface area contributed by atoms with Gasteiger partial charge in [-0.15, -0.1) is 0 Å². The van der Waals surface area contributed by atoms with Crippen LogP contribution in [-0.2, 0) is 6.61 Å². The van der Waals surface area contributed by atoms with Crippen LogP contribution in [0.3, 0.4) is 0 Å².